The number of ether oxygens (including phenoxy) is 1. The highest BCUT2D eigenvalue weighted by Gasteiger charge is 2.24. The highest BCUT2D eigenvalue weighted by molar-refractivity contribution is 5.96. The number of carbonyl (C=O) groups is 1. The molecule has 1 aliphatic heterocycles. The Morgan fingerprint density at radius 1 is 1.63 bits per heavy atom. The van der Waals surface area contributed by atoms with Gasteiger partial charge in [-0.3, -0.25) is 9.69 Å². The van der Waals surface area contributed by atoms with Crippen molar-refractivity contribution in [3.05, 3.63) is 18.1 Å². The van der Waals surface area contributed by atoms with E-state index in [9.17, 15) is 4.79 Å². The minimum atomic E-state index is -0.180. The molecule has 1 saturated heterocycles. The molecule has 2 heterocycles. The third kappa shape index (κ3) is 3.20. The van der Waals surface area contributed by atoms with E-state index in [1.807, 2.05) is 0 Å². The van der Waals surface area contributed by atoms with Crippen LogP contribution >= 0.6 is 0 Å². The highest BCUT2D eigenvalue weighted by Crippen LogP contribution is 2.16. The summed E-state index contributed by atoms with van der Waals surface area (Å²) in [5.41, 5.74) is 0.381. The van der Waals surface area contributed by atoms with Crippen LogP contribution in [0.5, 0.6) is 5.88 Å². The van der Waals surface area contributed by atoms with Gasteiger partial charge in [0.25, 0.3) is 5.91 Å². The van der Waals surface area contributed by atoms with Gasteiger partial charge in [0.05, 0.1) is 7.11 Å². The summed E-state index contributed by atoms with van der Waals surface area (Å²) >= 11 is 0. The summed E-state index contributed by atoms with van der Waals surface area (Å²) in [6.07, 6.45) is 5.18. The van der Waals surface area contributed by atoms with Crippen molar-refractivity contribution in [1.82, 2.24) is 20.2 Å². The average Bonchev–Trinajstić information content (AvgIpc) is 2.92. The molecule has 1 aromatic rings. The maximum Gasteiger partial charge on any atom is 0.258 e. The van der Waals surface area contributed by atoms with E-state index in [2.05, 4.69) is 27.1 Å². The number of rotatable bonds is 5. The van der Waals surface area contributed by atoms with E-state index in [0.29, 0.717) is 24.0 Å². The van der Waals surface area contributed by atoms with Crippen LogP contribution in [0, 0.1) is 0 Å². The van der Waals surface area contributed by atoms with Gasteiger partial charge in [-0.15, -0.1) is 0 Å². The summed E-state index contributed by atoms with van der Waals surface area (Å²) in [4.78, 5) is 22.3. The number of nitrogens with zero attached hydrogens (tertiary/aromatic N) is 3. The Morgan fingerprint density at radius 3 is 3.21 bits per heavy atom. The normalized spacial score (nSPS) is 19.4. The number of aromatic nitrogens is 2. The van der Waals surface area contributed by atoms with Crippen molar-refractivity contribution >= 4 is 5.91 Å². The molecule has 0 spiro atoms. The fourth-order valence-electron chi connectivity index (χ4n) is 2.49. The van der Waals surface area contributed by atoms with Crippen LogP contribution in [0.15, 0.2) is 12.5 Å². The second kappa shape index (κ2) is 6.47. The van der Waals surface area contributed by atoms with Gasteiger partial charge in [0.15, 0.2) is 0 Å². The molecule has 1 atom stereocenters. The van der Waals surface area contributed by atoms with Crippen molar-refractivity contribution in [1.29, 1.82) is 0 Å². The van der Waals surface area contributed by atoms with Gasteiger partial charge in [0.1, 0.15) is 11.9 Å². The van der Waals surface area contributed by atoms with Gasteiger partial charge < -0.3 is 10.1 Å². The Kier molecular flexibility index (Phi) is 4.68. The quantitative estimate of drug-likeness (QED) is 0.848. The van der Waals surface area contributed by atoms with Crippen molar-refractivity contribution in [3.63, 3.8) is 0 Å². The number of likely N-dealkylation sites (N-methyl/N-ethyl adjacent to an activating group) is 1. The van der Waals surface area contributed by atoms with Gasteiger partial charge in [-0.1, -0.05) is 6.92 Å². The highest BCUT2D eigenvalue weighted by atomic mass is 16.5. The van der Waals surface area contributed by atoms with E-state index in [-0.39, 0.29) is 5.91 Å². The fraction of sp³-hybridized carbons (Fsp3) is 0.615. The number of amides is 1. The van der Waals surface area contributed by atoms with Crippen LogP contribution in [0.3, 0.4) is 0 Å². The lowest BCUT2D eigenvalue weighted by atomic mass is 10.2. The van der Waals surface area contributed by atoms with Crippen LogP contribution in [0.4, 0.5) is 0 Å². The molecule has 0 radical (unpaired) electrons. The molecule has 1 aromatic heterocycles. The van der Waals surface area contributed by atoms with Crippen molar-refractivity contribution < 1.29 is 9.53 Å². The van der Waals surface area contributed by atoms with Crippen LogP contribution in [-0.2, 0) is 0 Å². The van der Waals surface area contributed by atoms with Crippen LogP contribution in [0.1, 0.15) is 30.1 Å². The van der Waals surface area contributed by atoms with E-state index < -0.39 is 0 Å². The predicted molar refractivity (Wildman–Crippen MR) is 71.2 cm³/mol. The lowest BCUT2D eigenvalue weighted by Crippen LogP contribution is -2.40. The van der Waals surface area contributed by atoms with E-state index in [0.717, 1.165) is 19.5 Å². The van der Waals surface area contributed by atoms with Crippen molar-refractivity contribution in [2.24, 2.45) is 0 Å². The molecule has 6 heteroatoms. The fourth-order valence-corrected chi connectivity index (χ4v) is 2.49. The first-order chi connectivity index (χ1) is 9.26. The molecular formula is C13H20N4O2. The number of hydrogen-bond donors (Lipinski definition) is 1. The monoisotopic (exact) mass is 264 g/mol. The van der Waals surface area contributed by atoms with Crippen molar-refractivity contribution in [2.75, 3.05) is 26.7 Å². The van der Waals surface area contributed by atoms with E-state index in [1.165, 1.54) is 26.1 Å². The van der Waals surface area contributed by atoms with Crippen molar-refractivity contribution in [2.45, 2.75) is 25.8 Å². The molecule has 0 saturated carbocycles. The molecule has 6 nitrogen and oxygen atoms in total. The first-order valence-electron chi connectivity index (χ1n) is 6.62. The largest absolute Gasteiger partial charge is 0.480 e. The minimum Gasteiger partial charge on any atom is -0.480 e. The summed E-state index contributed by atoms with van der Waals surface area (Å²) in [6, 6.07) is 0.435. The Labute approximate surface area is 113 Å². The molecule has 104 valence electrons. The van der Waals surface area contributed by atoms with Crippen molar-refractivity contribution in [3.8, 4) is 5.88 Å². The molecule has 1 unspecified atom stereocenters. The van der Waals surface area contributed by atoms with Gasteiger partial charge in [-0.05, 0) is 25.9 Å². The van der Waals surface area contributed by atoms with Crippen LogP contribution in [0.2, 0.25) is 0 Å². The molecule has 1 amide bonds. The lowest BCUT2D eigenvalue weighted by Gasteiger charge is -2.22. The number of hydrogen-bond acceptors (Lipinski definition) is 5. The molecular weight excluding hydrogens is 244 g/mol. The predicted octanol–water partition coefficient (Wildman–Crippen LogP) is 0.699. The number of methoxy groups -OCH3 is 1. The Morgan fingerprint density at radius 2 is 2.47 bits per heavy atom. The zero-order chi connectivity index (χ0) is 13.7. The first-order valence-corrected chi connectivity index (χ1v) is 6.62. The first kappa shape index (κ1) is 13.7. The number of carbonyl (C=O) groups excluding carboxylic acids is 1. The summed E-state index contributed by atoms with van der Waals surface area (Å²) in [7, 11) is 1.49. The molecule has 0 bridgehead atoms. The van der Waals surface area contributed by atoms with Gasteiger partial charge in [-0.25, -0.2) is 9.97 Å². The third-order valence-electron chi connectivity index (χ3n) is 3.52. The van der Waals surface area contributed by atoms with Crippen LogP contribution in [0.25, 0.3) is 0 Å². The maximum absolute atomic E-state index is 12.1. The Bertz CT molecular complexity index is 438. The number of likely N-dealkylation sites (tertiary alicyclic amines) is 1. The van der Waals surface area contributed by atoms with E-state index in [4.69, 9.17) is 4.74 Å². The lowest BCUT2D eigenvalue weighted by molar-refractivity contribution is 0.0937. The molecule has 0 aromatic carbocycles. The SMILES string of the molecule is CCN1CCCC1CNC(=O)c1cncnc1OC. The maximum atomic E-state index is 12.1. The molecule has 1 aliphatic rings. The Balaban J connectivity index is 1.94. The van der Waals surface area contributed by atoms with Crippen LogP contribution in [-0.4, -0.2) is 53.6 Å². The summed E-state index contributed by atoms with van der Waals surface area (Å²) in [5.74, 6) is 0.131. The van der Waals surface area contributed by atoms with Gasteiger partial charge in [-0.2, -0.15) is 0 Å². The van der Waals surface area contributed by atoms with Gasteiger partial charge in [0.2, 0.25) is 5.88 Å². The number of nitrogens with one attached hydrogen (secondary N) is 1. The van der Waals surface area contributed by atoms with Crippen LogP contribution < -0.4 is 10.1 Å². The zero-order valence-electron chi connectivity index (χ0n) is 11.4. The Hall–Kier alpha value is -1.69. The molecule has 2 rings (SSSR count). The van der Waals surface area contributed by atoms with Gasteiger partial charge in [0, 0.05) is 18.8 Å². The molecule has 0 aliphatic carbocycles. The molecule has 1 N–H and O–H groups in total. The standard InChI is InChI=1S/C13H20N4O2/c1-3-17-6-4-5-10(17)7-15-12(18)11-8-14-9-16-13(11)19-2/h8-10H,3-7H2,1-2H3,(H,15,18). The summed E-state index contributed by atoms with van der Waals surface area (Å²) in [6.45, 7) is 4.95. The second-order valence-electron chi connectivity index (χ2n) is 4.58. The average molecular weight is 264 g/mol. The smallest absolute Gasteiger partial charge is 0.258 e. The third-order valence-corrected chi connectivity index (χ3v) is 3.52. The zero-order valence-corrected chi connectivity index (χ0v) is 11.4. The van der Waals surface area contributed by atoms with Gasteiger partial charge >= 0.3 is 0 Å². The van der Waals surface area contributed by atoms with E-state index in [1.54, 1.807) is 0 Å². The minimum absolute atomic E-state index is 0.180. The summed E-state index contributed by atoms with van der Waals surface area (Å²) in [5, 5.41) is 2.94. The topological polar surface area (TPSA) is 67.4 Å². The molecule has 19 heavy (non-hydrogen) atoms. The molecule has 1 fully saturated rings. The van der Waals surface area contributed by atoms with E-state index >= 15 is 0 Å². The summed E-state index contributed by atoms with van der Waals surface area (Å²) < 4.78 is 5.06. The second-order valence-corrected chi connectivity index (χ2v) is 4.58.